The Balaban J connectivity index is 2.41. The maximum Gasteiger partial charge on any atom is 0.314 e. The Labute approximate surface area is 87.7 Å². The second-order valence-electron chi connectivity index (χ2n) is 3.75. The second-order valence-corrected chi connectivity index (χ2v) is 3.75. The van der Waals surface area contributed by atoms with Gasteiger partial charge in [-0.25, -0.2) is 0 Å². The second kappa shape index (κ2) is 3.55. The summed E-state index contributed by atoms with van der Waals surface area (Å²) in [5.41, 5.74) is 7.67. The molecule has 0 radical (unpaired) electrons. The summed E-state index contributed by atoms with van der Waals surface area (Å²) < 4.78 is 4.71. The third-order valence-corrected chi connectivity index (χ3v) is 2.80. The minimum Gasteiger partial charge on any atom is -0.508 e. The smallest absolute Gasteiger partial charge is 0.314 e. The fraction of sp³-hybridized carbons (Fsp3) is 0.364. The zero-order valence-corrected chi connectivity index (χ0v) is 8.43. The van der Waals surface area contributed by atoms with Gasteiger partial charge in [0.15, 0.2) is 0 Å². The van der Waals surface area contributed by atoms with Gasteiger partial charge in [0.05, 0.1) is 13.0 Å². The SMILES string of the molecule is COC(=O)C1c2ccc(O)cc2CC1N. The minimum atomic E-state index is -0.398. The van der Waals surface area contributed by atoms with Crippen LogP contribution >= 0.6 is 0 Å². The normalized spacial score (nSPS) is 23.6. The molecule has 0 fully saturated rings. The third kappa shape index (κ3) is 1.57. The highest BCUT2D eigenvalue weighted by molar-refractivity contribution is 5.81. The first-order chi connectivity index (χ1) is 7.13. The summed E-state index contributed by atoms with van der Waals surface area (Å²) in [4.78, 5) is 11.5. The van der Waals surface area contributed by atoms with Crippen LogP contribution in [0.5, 0.6) is 5.75 Å². The van der Waals surface area contributed by atoms with Gasteiger partial charge in [0.1, 0.15) is 5.75 Å². The van der Waals surface area contributed by atoms with Crippen molar-refractivity contribution >= 4 is 5.97 Å². The lowest BCUT2D eigenvalue weighted by Gasteiger charge is -2.13. The molecular weight excluding hydrogens is 194 g/mol. The predicted molar refractivity (Wildman–Crippen MR) is 54.5 cm³/mol. The van der Waals surface area contributed by atoms with E-state index in [9.17, 15) is 9.90 Å². The maximum absolute atomic E-state index is 11.5. The molecule has 2 atom stereocenters. The number of phenolic OH excluding ortho intramolecular Hbond substituents is 1. The van der Waals surface area contributed by atoms with E-state index in [1.807, 2.05) is 0 Å². The number of esters is 1. The molecule has 1 aromatic rings. The minimum absolute atomic E-state index is 0.200. The van der Waals surface area contributed by atoms with E-state index >= 15 is 0 Å². The summed E-state index contributed by atoms with van der Waals surface area (Å²) in [7, 11) is 1.35. The first kappa shape index (κ1) is 9.98. The van der Waals surface area contributed by atoms with Crippen molar-refractivity contribution in [2.45, 2.75) is 18.4 Å². The average molecular weight is 207 g/mol. The van der Waals surface area contributed by atoms with Crippen LogP contribution in [0.25, 0.3) is 0 Å². The van der Waals surface area contributed by atoms with Gasteiger partial charge in [0.25, 0.3) is 0 Å². The quantitative estimate of drug-likeness (QED) is 0.659. The largest absolute Gasteiger partial charge is 0.508 e. The molecule has 0 saturated carbocycles. The Kier molecular flexibility index (Phi) is 2.36. The summed E-state index contributed by atoms with van der Waals surface area (Å²) >= 11 is 0. The Morgan fingerprint density at radius 1 is 1.60 bits per heavy atom. The lowest BCUT2D eigenvalue weighted by atomic mass is 9.99. The maximum atomic E-state index is 11.5. The fourth-order valence-corrected chi connectivity index (χ4v) is 2.10. The zero-order chi connectivity index (χ0) is 11.0. The molecule has 1 aliphatic rings. The molecule has 2 rings (SSSR count). The van der Waals surface area contributed by atoms with E-state index in [1.165, 1.54) is 7.11 Å². The van der Waals surface area contributed by atoms with E-state index in [2.05, 4.69) is 0 Å². The van der Waals surface area contributed by atoms with Gasteiger partial charge in [0, 0.05) is 6.04 Å². The first-order valence-corrected chi connectivity index (χ1v) is 4.78. The van der Waals surface area contributed by atoms with Crippen molar-refractivity contribution in [3.63, 3.8) is 0 Å². The lowest BCUT2D eigenvalue weighted by Crippen LogP contribution is -2.31. The standard InChI is InChI=1S/C11H13NO3/c1-15-11(14)10-8-3-2-7(13)4-6(8)5-9(10)12/h2-4,9-10,13H,5,12H2,1H3. The van der Waals surface area contributed by atoms with E-state index in [4.69, 9.17) is 10.5 Å². The lowest BCUT2D eigenvalue weighted by molar-refractivity contribution is -0.142. The van der Waals surface area contributed by atoms with Gasteiger partial charge < -0.3 is 15.6 Å². The molecule has 1 aliphatic carbocycles. The Morgan fingerprint density at radius 2 is 2.33 bits per heavy atom. The van der Waals surface area contributed by atoms with Crippen molar-refractivity contribution in [1.29, 1.82) is 0 Å². The Morgan fingerprint density at radius 3 is 3.00 bits per heavy atom. The summed E-state index contributed by atoms with van der Waals surface area (Å²) in [6.45, 7) is 0. The highest BCUT2D eigenvalue weighted by Gasteiger charge is 2.36. The highest BCUT2D eigenvalue weighted by atomic mass is 16.5. The number of phenols is 1. The predicted octanol–water partition coefficient (Wildman–Crippen LogP) is 0.532. The van der Waals surface area contributed by atoms with Crippen LogP contribution in [-0.4, -0.2) is 24.2 Å². The van der Waals surface area contributed by atoms with Crippen molar-refractivity contribution in [3.05, 3.63) is 29.3 Å². The van der Waals surface area contributed by atoms with Gasteiger partial charge >= 0.3 is 5.97 Å². The van der Waals surface area contributed by atoms with Crippen LogP contribution in [0.4, 0.5) is 0 Å². The molecule has 3 N–H and O–H groups in total. The molecule has 4 nitrogen and oxygen atoms in total. The van der Waals surface area contributed by atoms with Crippen LogP contribution in [0.2, 0.25) is 0 Å². The topological polar surface area (TPSA) is 72.5 Å². The molecule has 0 aliphatic heterocycles. The molecular formula is C11H13NO3. The number of carbonyl (C=O) groups excluding carboxylic acids is 1. The van der Waals surface area contributed by atoms with E-state index in [0.717, 1.165) is 11.1 Å². The monoisotopic (exact) mass is 207 g/mol. The average Bonchev–Trinajstić information content (AvgIpc) is 2.52. The van der Waals surface area contributed by atoms with Crippen LogP contribution in [0.15, 0.2) is 18.2 Å². The number of hydrogen-bond donors (Lipinski definition) is 2. The van der Waals surface area contributed by atoms with Gasteiger partial charge in [-0.05, 0) is 29.7 Å². The third-order valence-electron chi connectivity index (χ3n) is 2.80. The molecule has 4 heteroatoms. The molecule has 0 saturated heterocycles. The molecule has 80 valence electrons. The van der Waals surface area contributed by atoms with Gasteiger partial charge in [0.2, 0.25) is 0 Å². The van der Waals surface area contributed by atoms with E-state index < -0.39 is 5.92 Å². The number of fused-ring (bicyclic) bond motifs is 1. The van der Waals surface area contributed by atoms with E-state index in [-0.39, 0.29) is 17.8 Å². The number of methoxy groups -OCH3 is 1. The summed E-state index contributed by atoms with van der Waals surface area (Å²) in [6.07, 6.45) is 0.601. The summed E-state index contributed by atoms with van der Waals surface area (Å²) in [5, 5.41) is 9.31. The zero-order valence-electron chi connectivity index (χ0n) is 8.43. The van der Waals surface area contributed by atoms with Gasteiger partial charge in [-0.3, -0.25) is 4.79 Å². The van der Waals surface area contributed by atoms with Crippen LogP contribution in [0.3, 0.4) is 0 Å². The Bertz CT molecular complexity index is 403. The number of rotatable bonds is 1. The molecule has 0 aromatic heterocycles. The molecule has 1 aromatic carbocycles. The number of nitrogens with two attached hydrogens (primary N) is 1. The Hall–Kier alpha value is -1.55. The van der Waals surface area contributed by atoms with Gasteiger partial charge in [-0.2, -0.15) is 0 Å². The van der Waals surface area contributed by atoms with Crippen molar-refractivity contribution in [2.24, 2.45) is 5.73 Å². The van der Waals surface area contributed by atoms with Gasteiger partial charge in [-0.15, -0.1) is 0 Å². The molecule has 2 unspecified atom stereocenters. The van der Waals surface area contributed by atoms with Crippen LogP contribution < -0.4 is 5.73 Å². The van der Waals surface area contributed by atoms with Crippen molar-refractivity contribution in [2.75, 3.05) is 7.11 Å². The van der Waals surface area contributed by atoms with Crippen LogP contribution in [0.1, 0.15) is 17.0 Å². The summed E-state index contributed by atoms with van der Waals surface area (Å²) in [6, 6.07) is 4.69. The van der Waals surface area contributed by atoms with Crippen LogP contribution in [0, 0.1) is 0 Å². The molecule has 0 bridgehead atoms. The summed E-state index contributed by atoms with van der Waals surface area (Å²) in [5.74, 6) is -0.510. The molecule has 0 spiro atoms. The highest BCUT2D eigenvalue weighted by Crippen LogP contribution is 2.34. The fourth-order valence-electron chi connectivity index (χ4n) is 2.10. The van der Waals surface area contributed by atoms with Crippen LogP contribution in [-0.2, 0) is 16.0 Å². The van der Waals surface area contributed by atoms with Crippen molar-refractivity contribution < 1.29 is 14.6 Å². The molecule has 0 heterocycles. The number of hydrogen-bond acceptors (Lipinski definition) is 4. The molecule has 15 heavy (non-hydrogen) atoms. The molecule has 0 amide bonds. The van der Waals surface area contributed by atoms with Crippen molar-refractivity contribution in [1.82, 2.24) is 0 Å². The van der Waals surface area contributed by atoms with E-state index in [0.29, 0.717) is 6.42 Å². The van der Waals surface area contributed by atoms with Crippen molar-refractivity contribution in [3.8, 4) is 5.75 Å². The number of benzene rings is 1. The first-order valence-electron chi connectivity index (χ1n) is 4.78. The number of ether oxygens (including phenoxy) is 1. The van der Waals surface area contributed by atoms with Gasteiger partial charge in [-0.1, -0.05) is 6.07 Å². The number of carbonyl (C=O) groups is 1. The number of aromatic hydroxyl groups is 1. The van der Waals surface area contributed by atoms with E-state index in [1.54, 1.807) is 18.2 Å².